The van der Waals surface area contributed by atoms with Crippen LogP contribution < -0.4 is 5.32 Å². The Morgan fingerprint density at radius 3 is 2.93 bits per heavy atom. The van der Waals surface area contributed by atoms with Gasteiger partial charge in [0.25, 0.3) is 0 Å². The van der Waals surface area contributed by atoms with E-state index in [1.165, 1.54) is 28.7 Å². The second kappa shape index (κ2) is 8.16. The van der Waals surface area contributed by atoms with Crippen LogP contribution in [0.4, 0.5) is 5.13 Å². The van der Waals surface area contributed by atoms with E-state index in [4.69, 9.17) is 0 Å². The predicted octanol–water partition coefficient (Wildman–Crippen LogP) is 5.08. The van der Waals surface area contributed by atoms with E-state index in [0.29, 0.717) is 5.13 Å². The van der Waals surface area contributed by atoms with Crippen LogP contribution in [0.2, 0.25) is 0 Å². The summed E-state index contributed by atoms with van der Waals surface area (Å²) in [5.74, 6) is 0.193. The number of benzene rings is 2. The number of imidazole rings is 1. The highest BCUT2D eigenvalue weighted by Crippen LogP contribution is 2.28. The van der Waals surface area contributed by atoms with Crippen molar-refractivity contribution in [1.82, 2.24) is 14.5 Å². The number of nitrogens with one attached hydrogen (secondary N) is 1. The fourth-order valence-electron chi connectivity index (χ4n) is 2.94. The molecule has 0 aliphatic rings. The van der Waals surface area contributed by atoms with Crippen molar-refractivity contribution in [2.24, 2.45) is 0 Å². The Balaban J connectivity index is 1.43. The smallest absolute Gasteiger partial charge is 0.236 e. The van der Waals surface area contributed by atoms with Gasteiger partial charge < -0.3 is 5.32 Å². The Bertz CT molecular complexity index is 1130. The van der Waals surface area contributed by atoms with E-state index in [1.807, 2.05) is 35.0 Å². The van der Waals surface area contributed by atoms with Gasteiger partial charge in [-0.15, -0.1) is 0 Å². The van der Waals surface area contributed by atoms with Gasteiger partial charge in [0.1, 0.15) is 0 Å². The zero-order chi connectivity index (χ0) is 19.5. The number of aryl methyl sites for hydroxylation is 2. The Kier molecular flexibility index (Phi) is 5.45. The number of carbonyl (C=O) groups excluding carboxylic acids is 1. The molecule has 0 aliphatic heterocycles. The number of nitrogens with zero attached hydrogens (tertiary/aromatic N) is 3. The van der Waals surface area contributed by atoms with Crippen LogP contribution in [0.15, 0.2) is 60.0 Å². The van der Waals surface area contributed by atoms with E-state index in [0.717, 1.165) is 33.0 Å². The van der Waals surface area contributed by atoms with E-state index in [2.05, 4.69) is 47.3 Å². The molecule has 0 atom stereocenters. The lowest BCUT2D eigenvalue weighted by atomic mass is 10.2. The highest BCUT2D eigenvalue weighted by molar-refractivity contribution is 7.99. The third kappa shape index (κ3) is 3.95. The molecule has 2 heterocycles. The number of anilines is 1. The summed E-state index contributed by atoms with van der Waals surface area (Å²) >= 11 is 2.92. The van der Waals surface area contributed by atoms with Gasteiger partial charge in [-0.2, -0.15) is 0 Å². The molecule has 2 aromatic carbocycles. The molecule has 0 radical (unpaired) electrons. The maximum absolute atomic E-state index is 12.4. The SMILES string of the molecule is CCc1ccc2nc(NC(=O)CSc3nccn3-c3ccccc3C)sc2c1. The van der Waals surface area contributed by atoms with Crippen LogP contribution in [0.5, 0.6) is 0 Å². The number of amides is 1. The Hall–Kier alpha value is -2.64. The van der Waals surface area contributed by atoms with E-state index >= 15 is 0 Å². The summed E-state index contributed by atoms with van der Waals surface area (Å²) in [7, 11) is 0. The fraction of sp³-hybridized carbons (Fsp3) is 0.190. The highest BCUT2D eigenvalue weighted by atomic mass is 32.2. The molecular formula is C21H20N4OS2. The zero-order valence-corrected chi connectivity index (χ0v) is 17.3. The molecule has 5 nitrogen and oxygen atoms in total. The van der Waals surface area contributed by atoms with Crippen LogP contribution >= 0.6 is 23.1 Å². The van der Waals surface area contributed by atoms with Crippen molar-refractivity contribution >= 4 is 44.4 Å². The number of thioether (sulfide) groups is 1. The molecule has 1 N–H and O–H groups in total. The van der Waals surface area contributed by atoms with Gasteiger partial charge in [0.15, 0.2) is 10.3 Å². The number of thiazole rings is 1. The van der Waals surface area contributed by atoms with Crippen LogP contribution in [0.1, 0.15) is 18.1 Å². The zero-order valence-electron chi connectivity index (χ0n) is 15.7. The van der Waals surface area contributed by atoms with Crippen molar-refractivity contribution in [3.63, 3.8) is 0 Å². The molecule has 0 unspecified atom stereocenters. The molecule has 4 rings (SSSR count). The van der Waals surface area contributed by atoms with Crippen LogP contribution in [0.3, 0.4) is 0 Å². The van der Waals surface area contributed by atoms with Crippen molar-refractivity contribution in [1.29, 1.82) is 0 Å². The summed E-state index contributed by atoms with van der Waals surface area (Å²) < 4.78 is 3.11. The van der Waals surface area contributed by atoms with E-state index in [1.54, 1.807) is 6.20 Å². The van der Waals surface area contributed by atoms with Crippen molar-refractivity contribution in [2.75, 3.05) is 11.1 Å². The summed E-state index contributed by atoms with van der Waals surface area (Å²) in [6, 6.07) is 14.3. The average Bonchev–Trinajstić information content (AvgIpc) is 3.32. The van der Waals surface area contributed by atoms with E-state index < -0.39 is 0 Å². The first kappa shape index (κ1) is 18.7. The Labute approximate surface area is 171 Å². The molecule has 7 heteroatoms. The Morgan fingerprint density at radius 1 is 1.25 bits per heavy atom. The van der Waals surface area contributed by atoms with Crippen LogP contribution in [0.25, 0.3) is 15.9 Å². The second-order valence-electron chi connectivity index (χ2n) is 6.38. The minimum Gasteiger partial charge on any atom is -0.301 e. The minimum atomic E-state index is -0.0842. The third-order valence-corrected chi connectivity index (χ3v) is 6.32. The van der Waals surface area contributed by atoms with Crippen LogP contribution in [0, 0.1) is 6.92 Å². The average molecular weight is 409 g/mol. The topological polar surface area (TPSA) is 59.8 Å². The van der Waals surface area contributed by atoms with Crippen molar-refractivity contribution in [3.05, 3.63) is 66.0 Å². The molecule has 0 bridgehead atoms. The van der Waals surface area contributed by atoms with Gasteiger partial charge in [0.2, 0.25) is 5.91 Å². The maximum atomic E-state index is 12.4. The third-order valence-electron chi connectivity index (χ3n) is 4.42. The Morgan fingerprint density at radius 2 is 2.11 bits per heavy atom. The first-order valence-electron chi connectivity index (χ1n) is 9.05. The minimum absolute atomic E-state index is 0.0842. The molecule has 0 aliphatic carbocycles. The quantitative estimate of drug-likeness (QED) is 0.452. The molecule has 0 saturated carbocycles. The van der Waals surface area contributed by atoms with E-state index in [9.17, 15) is 4.79 Å². The lowest BCUT2D eigenvalue weighted by Crippen LogP contribution is -2.14. The lowest BCUT2D eigenvalue weighted by molar-refractivity contribution is -0.113. The van der Waals surface area contributed by atoms with Gasteiger partial charge in [-0.25, -0.2) is 9.97 Å². The van der Waals surface area contributed by atoms with E-state index in [-0.39, 0.29) is 11.7 Å². The second-order valence-corrected chi connectivity index (χ2v) is 8.35. The van der Waals surface area contributed by atoms with Gasteiger partial charge in [-0.3, -0.25) is 9.36 Å². The molecule has 142 valence electrons. The first-order chi connectivity index (χ1) is 13.6. The van der Waals surface area contributed by atoms with Crippen LogP contribution in [-0.2, 0) is 11.2 Å². The monoisotopic (exact) mass is 408 g/mol. The standard InChI is InChI=1S/C21H20N4OS2/c1-3-15-8-9-16-18(12-15)28-20(23-16)24-19(26)13-27-21-22-10-11-25(21)17-7-5-4-6-14(17)2/h4-12H,3,13H2,1-2H3,(H,23,24,26). The number of fused-ring (bicyclic) bond motifs is 1. The predicted molar refractivity (Wildman–Crippen MR) is 117 cm³/mol. The summed E-state index contributed by atoms with van der Waals surface area (Å²) in [5, 5.41) is 4.34. The van der Waals surface area contributed by atoms with Crippen molar-refractivity contribution in [2.45, 2.75) is 25.4 Å². The molecule has 4 aromatic rings. The highest BCUT2D eigenvalue weighted by Gasteiger charge is 2.12. The number of carbonyl (C=O) groups is 1. The molecule has 0 saturated heterocycles. The summed E-state index contributed by atoms with van der Waals surface area (Å²) in [4.78, 5) is 21.3. The molecule has 28 heavy (non-hydrogen) atoms. The van der Waals surface area contributed by atoms with Gasteiger partial charge in [-0.1, -0.05) is 54.3 Å². The number of hydrogen-bond donors (Lipinski definition) is 1. The molecule has 0 spiro atoms. The molecular weight excluding hydrogens is 388 g/mol. The van der Waals surface area contributed by atoms with Crippen molar-refractivity contribution < 1.29 is 4.79 Å². The van der Waals surface area contributed by atoms with Gasteiger partial charge in [0.05, 0.1) is 21.7 Å². The largest absolute Gasteiger partial charge is 0.301 e. The number of hydrogen-bond acceptors (Lipinski definition) is 5. The molecule has 2 aromatic heterocycles. The lowest BCUT2D eigenvalue weighted by Gasteiger charge is -2.10. The molecule has 0 fully saturated rings. The van der Waals surface area contributed by atoms with Gasteiger partial charge in [-0.05, 0) is 42.7 Å². The summed E-state index contributed by atoms with van der Waals surface area (Å²) in [6.45, 7) is 4.19. The number of aromatic nitrogens is 3. The van der Waals surface area contributed by atoms with Crippen molar-refractivity contribution in [3.8, 4) is 5.69 Å². The van der Waals surface area contributed by atoms with Gasteiger partial charge in [0, 0.05) is 12.4 Å². The summed E-state index contributed by atoms with van der Waals surface area (Å²) in [5.41, 5.74) is 4.42. The number of para-hydroxylation sites is 1. The normalized spacial score (nSPS) is 11.1. The fourth-order valence-corrected chi connectivity index (χ4v) is 4.65. The number of rotatable bonds is 6. The first-order valence-corrected chi connectivity index (χ1v) is 10.9. The molecule has 1 amide bonds. The maximum Gasteiger partial charge on any atom is 0.236 e. The van der Waals surface area contributed by atoms with Gasteiger partial charge >= 0.3 is 0 Å². The van der Waals surface area contributed by atoms with Crippen LogP contribution in [-0.4, -0.2) is 26.2 Å². The summed E-state index contributed by atoms with van der Waals surface area (Å²) in [6.07, 6.45) is 4.66.